The minimum Gasteiger partial charge on any atom is -0.376 e. The minimum absolute atomic E-state index is 0.169. The quantitative estimate of drug-likeness (QED) is 0.346. The summed E-state index contributed by atoms with van der Waals surface area (Å²) in [5.41, 5.74) is 0.912. The number of hydrogen-bond donors (Lipinski definition) is 2. The Balaban J connectivity index is 2.67. The summed E-state index contributed by atoms with van der Waals surface area (Å²) in [6.45, 7) is 1.92. The number of amidine groups is 1. The zero-order chi connectivity index (χ0) is 10.6. The molecule has 0 aliphatic heterocycles. The van der Waals surface area contributed by atoms with Gasteiger partial charge in [0.05, 0.1) is 5.84 Å². The molecule has 5 heteroatoms. The van der Waals surface area contributed by atoms with Gasteiger partial charge in [0, 0.05) is 12.7 Å². The first kappa shape index (κ1) is 10.9. The Morgan fingerprint density at radius 3 is 2.79 bits per heavy atom. The van der Waals surface area contributed by atoms with Crippen molar-refractivity contribution in [3.05, 3.63) is 29.0 Å². The van der Waals surface area contributed by atoms with Crippen LogP contribution in [0.15, 0.2) is 18.3 Å². The van der Waals surface area contributed by atoms with E-state index in [-0.39, 0.29) is 6.73 Å². The lowest BCUT2D eigenvalue weighted by atomic mass is 10.2. The molecular weight excluding hydrogens is 202 g/mol. The van der Waals surface area contributed by atoms with E-state index in [0.717, 1.165) is 5.56 Å². The number of rotatable bonds is 3. The lowest BCUT2D eigenvalue weighted by Crippen LogP contribution is -2.28. The molecule has 2 N–H and O–H groups in total. The highest BCUT2D eigenvalue weighted by molar-refractivity contribution is 6.29. The summed E-state index contributed by atoms with van der Waals surface area (Å²) in [6.07, 6.45) is 1.63. The van der Waals surface area contributed by atoms with Gasteiger partial charge in [0.15, 0.2) is 0 Å². The van der Waals surface area contributed by atoms with Crippen LogP contribution in [-0.2, 0) is 6.54 Å². The number of nitrogens with zero attached hydrogens (tertiary/aromatic N) is 2. The standard InChI is InChI=1S/C9H12ClN3O/c1-7(11)13(6-14)5-8-2-3-9(10)12-4-8/h2-4,11,14H,5-6H2,1H3. The molecule has 0 unspecified atom stereocenters. The van der Waals surface area contributed by atoms with E-state index in [9.17, 15) is 0 Å². The van der Waals surface area contributed by atoms with E-state index in [4.69, 9.17) is 22.1 Å². The third-order valence-electron chi connectivity index (χ3n) is 1.81. The fourth-order valence-corrected chi connectivity index (χ4v) is 1.11. The van der Waals surface area contributed by atoms with Crippen molar-refractivity contribution in [2.24, 2.45) is 0 Å². The second-order valence-corrected chi connectivity index (χ2v) is 3.30. The molecule has 0 spiro atoms. The van der Waals surface area contributed by atoms with Gasteiger partial charge in [-0.25, -0.2) is 4.98 Å². The lowest BCUT2D eigenvalue weighted by molar-refractivity contribution is 0.163. The van der Waals surface area contributed by atoms with Gasteiger partial charge >= 0.3 is 0 Å². The first-order chi connectivity index (χ1) is 6.63. The van der Waals surface area contributed by atoms with Crippen molar-refractivity contribution in [2.45, 2.75) is 13.5 Å². The fourth-order valence-electron chi connectivity index (χ4n) is 0.995. The van der Waals surface area contributed by atoms with Crippen LogP contribution in [0.3, 0.4) is 0 Å². The zero-order valence-electron chi connectivity index (χ0n) is 7.87. The predicted molar refractivity (Wildman–Crippen MR) is 55.3 cm³/mol. The van der Waals surface area contributed by atoms with Gasteiger partial charge in [0.25, 0.3) is 0 Å². The molecule has 4 nitrogen and oxygen atoms in total. The van der Waals surface area contributed by atoms with Gasteiger partial charge in [-0.1, -0.05) is 17.7 Å². The highest BCUT2D eigenvalue weighted by atomic mass is 35.5. The van der Waals surface area contributed by atoms with Crippen LogP contribution < -0.4 is 0 Å². The first-order valence-electron chi connectivity index (χ1n) is 4.15. The van der Waals surface area contributed by atoms with Gasteiger partial charge < -0.3 is 10.0 Å². The first-order valence-corrected chi connectivity index (χ1v) is 4.52. The molecule has 0 aromatic carbocycles. The van der Waals surface area contributed by atoms with Crippen LogP contribution >= 0.6 is 11.6 Å². The van der Waals surface area contributed by atoms with Gasteiger partial charge in [0.1, 0.15) is 11.9 Å². The molecule has 1 rings (SSSR count). The molecule has 0 saturated carbocycles. The van der Waals surface area contributed by atoms with Crippen LogP contribution in [0.5, 0.6) is 0 Å². The maximum Gasteiger partial charge on any atom is 0.129 e. The maximum atomic E-state index is 8.95. The van der Waals surface area contributed by atoms with Gasteiger partial charge in [-0.05, 0) is 18.6 Å². The average Bonchev–Trinajstić information content (AvgIpc) is 2.16. The molecule has 0 saturated heterocycles. The summed E-state index contributed by atoms with van der Waals surface area (Å²) in [7, 11) is 0. The lowest BCUT2D eigenvalue weighted by Gasteiger charge is -2.19. The fraction of sp³-hybridized carbons (Fsp3) is 0.333. The number of aliphatic hydroxyl groups excluding tert-OH is 1. The molecule has 0 fully saturated rings. The molecular formula is C9H12ClN3O. The van der Waals surface area contributed by atoms with E-state index in [1.807, 2.05) is 6.07 Å². The molecule has 0 aliphatic carbocycles. The monoisotopic (exact) mass is 213 g/mol. The summed E-state index contributed by atoms with van der Waals surface area (Å²) in [6, 6.07) is 3.51. The second kappa shape index (κ2) is 4.93. The van der Waals surface area contributed by atoms with Gasteiger partial charge in [-0.2, -0.15) is 0 Å². The van der Waals surface area contributed by atoms with Crippen molar-refractivity contribution in [2.75, 3.05) is 6.73 Å². The molecule has 0 bridgehead atoms. The molecule has 0 atom stereocenters. The minimum atomic E-state index is -0.169. The van der Waals surface area contributed by atoms with E-state index in [1.165, 1.54) is 4.90 Å². The topological polar surface area (TPSA) is 60.2 Å². The number of aliphatic hydroxyl groups is 1. The Hall–Kier alpha value is -1.13. The predicted octanol–water partition coefficient (Wildman–Crippen LogP) is 1.48. The van der Waals surface area contributed by atoms with Crippen LogP contribution in [0, 0.1) is 5.41 Å². The highest BCUT2D eigenvalue weighted by Gasteiger charge is 2.04. The average molecular weight is 214 g/mol. The van der Waals surface area contributed by atoms with Gasteiger partial charge in [0.2, 0.25) is 0 Å². The third kappa shape index (κ3) is 2.97. The molecule has 1 aromatic rings. The summed E-state index contributed by atoms with van der Waals surface area (Å²) >= 11 is 5.63. The van der Waals surface area contributed by atoms with Crippen LogP contribution in [-0.4, -0.2) is 27.6 Å². The second-order valence-electron chi connectivity index (χ2n) is 2.91. The molecule has 0 aliphatic rings. The number of hydrogen-bond acceptors (Lipinski definition) is 3. The molecule has 1 aromatic heterocycles. The number of aromatic nitrogens is 1. The molecule has 76 valence electrons. The SMILES string of the molecule is CC(=N)N(CO)Cc1ccc(Cl)nc1. The summed E-state index contributed by atoms with van der Waals surface area (Å²) < 4.78 is 0. The van der Waals surface area contributed by atoms with Gasteiger partial charge in [-0.3, -0.25) is 5.41 Å². The van der Waals surface area contributed by atoms with Crippen molar-refractivity contribution < 1.29 is 5.11 Å². The summed E-state index contributed by atoms with van der Waals surface area (Å²) in [5.74, 6) is 0.322. The van der Waals surface area contributed by atoms with Crippen LogP contribution in [0.2, 0.25) is 5.15 Å². The smallest absolute Gasteiger partial charge is 0.129 e. The van der Waals surface area contributed by atoms with Crippen LogP contribution in [0.4, 0.5) is 0 Å². The van der Waals surface area contributed by atoms with Crippen molar-refractivity contribution in [1.82, 2.24) is 9.88 Å². The van der Waals surface area contributed by atoms with E-state index in [1.54, 1.807) is 19.2 Å². The summed E-state index contributed by atoms with van der Waals surface area (Å²) in [4.78, 5) is 5.43. The molecule has 0 amide bonds. The molecule has 14 heavy (non-hydrogen) atoms. The van der Waals surface area contributed by atoms with Crippen molar-refractivity contribution in [1.29, 1.82) is 5.41 Å². The van der Waals surface area contributed by atoms with Crippen molar-refractivity contribution >= 4 is 17.4 Å². The summed E-state index contributed by atoms with van der Waals surface area (Å²) in [5, 5.41) is 16.8. The maximum absolute atomic E-state index is 8.95. The Morgan fingerprint density at radius 2 is 2.36 bits per heavy atom. The Bertz CT molecular complexity index is 312. The number of nitrogens with one attached hydrogen (secondary N) is 1. The highest BCUT2D eigenvalue weighted by Crippen LogP contribution is 2.07. The number of halogens is 1. The molecule has 0 radical (unpaired) electrons. The third-order valence-corrected chi connectivity index (χ3v) is 2.03. The van der Waals surface area contributed by atoms with E-state index in [0.29, 0.717) is 17.5 Å². The zero-order valence-corrected chi connectivity index (χ0v) is 8.62. The van der Waals surface area contributed by atoms with Crippen molar-refractivity contribution in [3.63, 3.8) is 0 Å². The van der Waals surface area contributed by atoms with Gasteiger partial charge in [-0.15, -0.1) is 0 Å². The van der Waals surface area contributed by atoms with E-state index < -0.39 is 0 Å². The number of pyridine rings is 1. The molecule has 1 heterocycles. The van der Waals surface area contributed by atoms with Crippen LogP contribution in [0.25, 0.3) is 0 Å². The van der Waals surface area contributed by atoms with E-state index in [2.05, 4.69) is 4.98 Å². The Labute approximate surface area is 87.7 Å². The van der Waals surface area contributed by atoms with Crippen LogP contribution in [0.1, 0.15) is 12.5 Å². The van der Waals surface area contributed by atoms with Crippen molar-refractivity contribution in [3.8, 4) is 0 Å². The Morgan fingerprint density at radius 1 is 1.64 bits per heavy atom. The normalized spacial score (nSPS) is 9.93. The Kier molecular flexibility index (Phi) is 3.85. The largest absolute Gasteiger partial charge is 0.376 e. The van der Waals surface area contributed by atoms with E-state index >= 15 is 0 Å².